The van der Waals surface area contributed by atoms with E-state index in [1.165, 1.54) is 6.08 Å². The average molecular weight is 479 g/mol. The number of hydrogen-bond donors (Lipinski definition) is 1. The first-order valence-corrected chi connectivity index (χ1v) is 12.2. The van der Waals surface area contributed by atoms with Crippen molar-refractivity contribution in [1.29, 1.82) is 0 Å². The molecule has 0 spiro atoms. The zero-order valence-electron chi connectivity index (χ0n) is 19.5. The van der Waals surface area contributed by atoms with E-state index in [0.29, 0.717) is 19.3 Å². The molecule has 2 bridgehead atoms. The first-order valence-electron chi connectivity index (χ1n) is 11.8. The molecular weight excluding hydrogens is 448 g/mol. The van der Waals surface area contributed by atoms with E-state index in [-0.39, 0.29) is 31.1 Å². The minimum absolute atomic E-state index is 0.0784. The van der Waals surface area contributed by atoms with Crippen molar-refractivity contribution < 1.29 is 33.7 Å². The van der Waals surface area contributed by atoms with Crippen LogP contribution in [0.15, 0.2) is 23.8 Å². The fourth-order valence-corrected chi connectivity index (χ4v) is 8.53. The van der Waals surface area contributed by atoms with Crippen molar-refractivity contribution in [2.24, 2.45) is 16.7 Å². The smallest absolute Gasteiger partial charge is 0.377 e. The third-order valence-electron chi connectivity index (χ3n) is 9.46. The summed E-state index contributed by atoms with van der Waals surface area (Å²) < 4.78 is 17.8. The van der Waals surface area contributed by atoms with Crippen LogP contribution in [0.25, 0.3) is 0 Å². The van der Waals surface area contributed by atoms with Gasteiger partial charge in [-0.25, -0.2) is 4.79 Å². The van der Waals surface area contributed by atoms with Crippen LogP contribution < -0.4 is 0 Å². The van der Waals surface area contributed by atoms with Crippen LogP contribution in [0.5, 0.6) is 0 Å². The van der Waals surface area contributed by atoms with Crippen molar-refractivity contribution in [3.8, 4) is 0 Å². The van der Waals surface area contributed by atoms with Gasteiger partial charge in [0.25, 0.3) is 5.78 Å². The van der Waals surface area contributed by atoms with Gasteiger partial charge in [0.05, 0.1) is 23.2 Å². The molecule has 0 aromatic carbocycles. The van der Waals surface area contributed by atoms with Crippen LogP contribution in [-0.4, -0.2) is 57.7 Å². The lowest BCUT2D eigenvalue weighted by Gasteiger charge is -2.69. The molecule has 1 N–H and O–H groups in total. The summed E-state index contributed by atoms with van der Waals surface area (Å²) in [4.78, 5) is 37.1. The summed E-state index contributed by atoms with van der Waals surface area (Å²) in [5, 5.41) is 11.7. The maximum absolute atomic E-state index is 13.5. The number of ether oxygens (including phenoxy) is 3. The molecule has 33 heavy (non-hydrogen) atoms. The molecule has 0 radical (unpaired) electrons. The number of hydrogen-bond acceptors (Lipinski definition) is 7. The molecule has 0 amide bonds. The second kappa shape index (κ2) is 7.00. The third kappa shape index (κ3) is 2.49. The Balaban J connectivity index is 1.67. The van der Waals surface area contributed by atoms with Gasteiger partial charge in [0.2, 0.25) is 0 Å². The van der Waals surface area contributed by atoms with Gasteiger partial charge in [0, 0.05) is 16.7 Å². The highest BCUT2D eigenvalue weighted by Gasteiger charge is 2.83. The van der Waals surface area contributed by atoms with E-state index in [1.54, 1.807) is 19.9 Å². The molecule has 8 atom stereocenters. The highest BCUT2D eigenvalue weighted by Crippen LogP contribution is 2.75. The van der Waals surface area contributed by atoms with Crippen LogP contribution in [0.3, 0.4) is 0 Å². The van der Waals surface area contributed by atoms with E-state index in [9.17, 15) is 19.5 Å². The summed E-state index contributed by atoms with van der Waals surface area (Å²) in [6, 6.07) is 0. The lowest BCUT2D eigenvalue weighted by Crippen LogP contribution is -2.78. The Bertz CT molecular complexity index is 1000. The Hall–Kier alpha value is -1.54. The molecule has 3 saturated carbocycles. The Morgan fingerprint density at radius 2 is 2.00 bits per heavy atom. The second-order valence-electron chi connectivity index (χ2n) is 10.6. The van der Waals surface area contributed by atoms with Gasteiger partial charge in [-0.1, -0.05) is 25.5 Å². The largest absolute Gasteiger partial charge is 0.460 e. The summed E-state index contributed by atoms with van der Waals surface area (Å²) in [7, 11) is 0. The molecule has 4 fully saturated rings. The van der Waals surface area contributed by atoms with Gasteiger partial charge in [0.1, 0.15) is 5.60 Å². The van der Waals surface area contributed by atoms with E-state index in [0.717, 1.165) is 5.57 Å². The summed E-state index contributed by atoms with van der Waals surface area (Å²) in [5.74, 6) is -2.05. The maximum atomic E-state index is 13.5. The van der Waals surface area contributed by atoms with Crippen LogP contribution in [0.1, 0.15) is 59.8 Å². The minimum atomic E-state index is -1.45. The molecule has 0 aromatic rings. The van der Waals surface area contributed by atoms with Crippen molar-refractivity contribution in [2.75, 3.05) is 6.61 Å². The van der Waals surface area contributed by atoms with Gasteiger partial charge < -0.3 is 19.3 Å². The quantitative estimate of drug-likeness (QED) is 0.378. The lowest BCUT2D eigenvalue weighted by molar-refractivity contribution is -0.368. The minimum Gasteiger partial charge on any atom is -0.460 e. The summed E-state index contributed by atoms with van der Waals surface area (Å²) in [6.45, 7) is 7.33. The highest BCUT2D eigenvalue weighted by molar-refractivity contribution is 6.37. The summed E-state index contributed by atoms with van der Waals surface area (Å²) >= 11 is 7.49. The van der Waals surface area contributed by atoms with Crippen molar-refractivity contribution in [3.63, 3.8) is 0 Å². The highest BCUT2D eigenvalue weighted by atomic mass is 35.5. The Labute approximate surface area is 198 Å². The predicted molar refractivity (Wildman–Crippen MR) is 118 cm³/mol. The normalized spacial score (nSPS) is 50.1. The number of fused-ring (bicyclic) bond motifs is 3. The van der Waals surface area contributed by atoms with E-state index in [2.05, 4.69) is 0 Å². The van der Waals surface area contributed by atoms with Gasteiger partial charge in [-0.3, -0.25) is 9.59 Å². The molecule has 1 aliphatic heterocycles. The molecule has 180 valence electrons. The van der Waals surface area contributed by atoms with E-state index < -0.39 is 51.1 Å². The number of aliphatic hydroxyl groups is 1. The molecule has 1 unspecified atom stereocenters. The van der Waals surface area contributed by atoms with Gasteiger partial charge in [-0.2, -0.15) is 0 Å². The monoisotopic (exact) mass is 478 g/mol. The van der Waals surface area contributed by atoms with Crippen LogP contribution >= 0.6 is 11.6 Å². The summed E-state index contributed by atoms with van der Waals surface area (Å²) in [6.07, 6.45) is 5.32. The van der Waals surface area contributed by atoms with E-state index in [1.807, 2.05) is 19.9 Å². The number of esters is 1. The molecule has 5 aliphatic rings. The standard InChI is InChI=1S/C25H31ClO7/c1-5-31-20(30)19(29)24-11-10-23(32-14(2)33-24)17-7-6-15-12-16(27)8-9-21(15,3)25(17,26)18(28)13-22(23,24)4/h8-9,12,14,17-18,28H,5-7,10-11,13H2,1-4H3/t14?,17-,18-,21-,22-,23+,24+,25-/m0/s1. The Kier molecular flexibility index (Phi) is 4.92. The Morgan fingerprint density at radius 1 is 1.27 bits per heavy atom. The molecule has 8 heteroatoms. The number of ketones is 2. The van der Waals surface area contributed by atoms with Gasteiger partial charge in [-0.05, 0) is 58.1 Å². The first-order chi connectivity index (χ1) is 15.4. The van der Waals surface area contributed by atoms with E-state index in [4.69, 9.17) is 25.8 Å². The molecule has 0 aromatic heterocycles. The van der Waals surface area contributed by atoms with Gasteiger partial charge in [0.15, 0.2) is 12.1 Å². The number of allylic oxidation sites excluding steroid dienone is 4. The second-order valence-corrected chi connectivity index (χ2v) is 11.2. The number of aliphatic hydroxyl groups excluding tert-OH is 1. The fraction of sp³-hybridized carbons (Fsp3) is 0.720. The lowest BCUT2D eigenvalue weighted by atomic mass is 9.43. The predicted octanol–water partition coefficient (Wildman–Crippen LogP) is 3.01. The topological polar surface area (TPSA) is 99.1 Å². The average Bonchev–Trinajstić information content (AvgIpc) is 2.88. The third-order valence-corrected chi connectivity index (χ3v) is 10.4. The zero-order chi connectivity index (χ0) is 24.0. The number of alkyl halides is 1. The van der Waals surface area contributed by atoms with Gasteiger partial charge in [-0.15, -0.1) is 11.6 Å². The molecule has 1 saturated heterocycles. The fourth-order valence-electron chi connectivity index (χ4n) is 7.98. The zero-order valence-corrected chi connectivity index (χ0v) is 20.2. The number of carbonyl (C=O) groups excluding carboxylic acids is 3. The van der Waals surface area contributed by atoms with Crippen molar-refractivity contribution in [1.82, 2.24) is 0 Å². The Morgan fingerprint density at radius 3 is 2.70 bits per heavy atom. The van der Waals surface area contributed by atoms with Crippen LogP contribution in [0.2, 0.25) is 0 Å². The van der Waals surface area contributed by atoms with Gasteiger partial charge >= 0.3 is 5.97 Å². The molecular formula is C25H31ClO7. The number of halogens is 1. The molecule has 5 rings (SSSR count). The number of Topliss-reactive ketones (excluding diaryl/α,β-unsaturated/α-hetero) is 1. The van der Waals surface area contributed by atoms with Crippen LogP contribution in [0, 0.1) is 16.7 Å². The first kappa shape index (κ1) is 23.2. The van der Waals surface area contributed by atoms with Crippen molar-refractivity contribution in [2.45, 2.75) is 88.3 Å². The summed E-state index contributed by atoms with van der Waals surface area (Å²) in [5.41, 5.74) is -3.15. The van der Waals surface area contributed by atoms with E-state index >= 15 is 0 Å². The van der Waals surface area contributed by atoms with Crippen molar-refractivity contribution >= 4 is 29.1 Å². The van der Waals surface area contributed by atoms with Crippen molar-refractivity contribution in [3.05, 3.63) is 23.8 Å². The molecule has 1 heterocycles. The SMILES string of the molecule is CCOC(=O)C(=O)[C@@]12CC[C@@]3(OC(C)O1)[C@@H]1CCC4=CC(=O)C=C[C@]4(C)[C@@]1(Cl)[C@@H](O)C[C@]23C. The molecule has 7 nitrogen and oxygen atoms in total. The van der Waals surface area contributed by atoms with Crippen LogP contribution in [0.4, 0.5) is 0 Å². The number of rotatable bonds is 3. The van der Waals surface area contributed by atoms with Crippen LogP contribution in [-0.2, 0) is 28.6 Å². The molecule has 4 aliphatic carbocycles. The maximum Gasteiger partial charge on any atom is 0.377 e. The number of carbonyl (C=O) groups is 3.